The molecule has 8 heteroatoms. The fraction of sp³-hybridized carbons (Fsp3) is 0.700. The van der Waals surface area contributed by atoms with Crippen molar-refractivity contribution in [1.29, 1.82) is 0 Å². The molecule has 0 aromatic carbocycles. The van der Waals surface area contributed by atoms with Gasteiger partial charge >= 0.3 is 0 Å². The number of rotatable bonds is 3. The lowest BCUT2D eigenvalue weighted by Gasteiger charge is -2.30. The van der Waals surface area contributed by atoms with Gasteiger partial charge in [0.1, 0.15) is 5.82 Å². The molecule has 0 N–H and O–H groups in total. The summed E-state index contributed by atoms with van der Waals surface area (Å²) in [6, 6.07) is 0. The Bertz CT molecular complexity index is 528. The van der Waals surface area contributed by atoms with E-state index in [0.717, 1.165) is 13.1 Å². The minimum atomic E-state index is -3.77. The summed E-state index contributed by atoms with van der Waals surface area (Å²) in [5.41, 5.74) is 0. The Morgan fingerprint density at radius 2 is 2.33 bits per heavy atom. The van der Waals surface area contributed by atoms with Crippen LogP contribution in [-0.4, -0.2) is 55.7 Å². The standard InChI is InChI=1S/C10H16ClN3O3S/c1-8-12-10(18(11,15)16)7-14(8)6-9-5-13(2)3-4-17-9/h7,9H,3-6H2,1-2H3. The van der Waals surface area contributed by atoms with Gasteiger partial charge in [0.25, 0.3) is 9.05 Å². The molecule has 18 heavy (non-hydrogen) atoms. The van der Waals surface area contributed by atoms with Crippen LogP contribution in [0.2, 0.25) is 0 Å². The van der Waals surface area contributed by atoms with Gasteiger partial charge in [-0.05, 0) is 14.0 Å². The van der Waals surface area contributed by atoms with Crippen LogP contribution in [0.3, 0.4) is 0 Å². The number of imidazole rings is 1. The van der Waals surface area contributed by atoms with Gasteiger partial charge in [0.15, 0.2) is 5.03 Å². The second kappa shape index (κ2) is 5.16. The molecule has 0 radical (unpaired) electrons. The molecule has 1 aromatic heterocycles. The van der Waals surface area contributed by atoms with Crippen LogP contribution in [-0.2, 0) is 20.3 Å². The molecule has 6 nitrogen and oxygen atoms in total. The highest BCUT2D eigenvalue weighted by Gasteiger charge is 2.21. The summed E-state index contributed by atoms with van der Waals surface area (Å²) in [5.74, 6) is 0.617. The van der Waals surface area contributed by atoms with Gasteiger partial charge in [-0.25, -0.2) is 13.4 Å². The number of nitrogens with zero attached hydrogens (tertiary/aromatic N) is 3. The normalized spacial score (nSPS) is 22.3. The van der Waals surface area contributed by atoms with Crippen LogP contribution in [0, 0.1) is 6.92 Å². The summed E-state index contributed by atoms with van der Waals surface area (Å²) in [4.78, 5) is 6.12. The van der Waals surface area contributed by atoms with Gasteiger partial charge in [0, 0.05) is 30.0 Å². The molecular weight excluding hydrogens is 278 g/mol. The van der Waals surface area contributed by atoms with Crippen molar-refractivity contribution in [2.75, 3.05) is 26.7 Å². The third kappa shape index (κ3) is 3.23. The first-order valence-electron chi connectivity index (χ1n) is 5.65. The number of ether oxygens (including phenoxy) is 1. The molecule has 1 fully saturated rings. The zero-order chi connectivity index (χ0) is 13.3. The fourth-order valence-corrected chi connectivity index (χ4v) is 2.70. The lowest BCUT2D eigenvalue weighted by atomic mass is 10.3. The number of hydrogen-bond donors (Lipinski definition) is 0. The molecule has 1 saturated heterocycles. The molecule has 102 valence electrons. The highest BCUT2D eigenvalue weighted by atomic mass is 35.7. The molecule has 0 saturated carbocycles. The van der Waals surface area contributed by atoms with Gasteiger partial charge in [-0.2, -0.15) is 0 Å². The Morgan fingerprint density at radius 3 is 2.89 bits per heavy atom. The van der Waals surface area contributed by atoms with E-state index in [4.69, 9.17) is 15.4 Å². The largest absolute Gasteiger partial charge is 0.374 e. The molecule has 0 amide bonds. The quantitative estimate of drug-likeness (QED) is 0.757. The number of hydrogen-bond acceptors (Lipinski definition) is 5. The monoisotopic (exact) mass is 293 g/mol. The maximum atomic E-state index is 11.2. The SMILES string of the molecule is Cc1nc(S(=O)(=O)Cl)cn1CC1CN(C)CCO1. The molecular formula is C10H16ClN3O3S. The Hall–Kier alpha value is -0.630. The van der Waals surface area contributed by atoms with E-state index in [1.165, 1.54) is 6.20 Å². The van der Waals surface area contributed by atoms with E-state index >= 15 is 0 Å². The molecule has 0 spiro atoms. The van der Waals surface area contributed by atoms with E-state index in [0.29, 0.717) is 19.0 Å². The number of morpholine rings is 1. The van der Waals surface area contributed by atoms with Crippen LogP contribution in [0.1, 0.15) is 5.82 Å². The van der Waals surface area contributed by atoms with E-state index in [1.807, 2.05) is 7.05 Å². The Labute approximate surface area is 111 Å². The van der Waals surface area contributed by atoms with Crippen LogP contribution >= 0.6 is 10.7 Å². The first-order valence-corrected chi connectivity index (χ1v) is 7.96. The Balaban J connectivity index is 2.12. The first kappa shape index (κ1) is 13.8. The van der Waals surface area contributed by atoms with E-state index < -0.39 is 9.05 Å². The lowest BCUT2D eigenvalue weighted by molar-refractivity contribution is -0.0277. The van der Waals surface area contributed by atoms with Gasteiger partial charge in [-0.1, -0.05) is 0 Å². The zero-order valence-electron chi connectivity index (χ0n) is 10.3. The molecule has 1 aliphatic heterocycles. The maximum absolute atomic E-state index is 11.2. The highest BCUT2D eigenvalue weighted by molar-refractivity contribution is 8.13. The first-order chi connectivity index (χ1) is 8.36. The molecule has 2 heterocycles. The third-order valence-corrected chi connectivity index (χ3v) is 4.12. The van der Waals surface area contributed by atoms with Crippen LogP contribution in [0.25, 0.3) is 0 Å². The summed E-state index contributed by atoms with van der Waals surface area (Å²) in [6.07, 6.45) is 1.50. The minimum Gasteiger partial charge on any atom is -0.374 e. The van der Waals surface area contributed by atoms with Crippen LogP contribution in [0.4, 0.5) is 0 Å². The van der Waals surface area contributed by atoms with E-state index in [2.05, 4.69) is 9.88 Å². The smallest absolute Gasteiger partial charge is 0.280 e. The second-order valence-electron chi connectivity index (χ2n) is 4.47. The predicted octanol–water partition coefficient (Wildman–Crippen LogP) is 0.450. The molecule has 0 aliphatic carbocycles. The van der Waals surface area contributed by atoms with Gasteiger partial charge < -0.3 is 14.2 Å². The Kier molecular flexibility index (Phi) is 3.96. The number of likely N-dealkylation sites (N-methyl/N-ethyl adjacent to an activating group) is 1. The van der Waals surface area contributed by atoms with Crippen LogP contribution in [0.15, 0.2) is 11.2 Å². The number of halogens is 1. The van der Waals surface area contributed by atoms with Crippen molar-refractivity contribution in [2.24, 2.45) is 0 Å². The topological polar surface area (TPSA) is 64.4 Å². The van der Waals surface area contributed by atoms with Crippen molar-refractivity contribution in [3.05, 3.63) is 12.0 Å². The van der Waals surface area contributed by atoms with Gasteiger partial charge in [-0.3, -0.25) is 0 Å². The lowest BCUT2D eigenvalue weighted by Crippen LogP contribution is -2.42. The fourth-order valence-electron chi connectivity index (χ4n) is 1.98. The summed E-state index contributed by atoms with van der Waals surface area (Å²) >= 11 is 0. The zero-order valence-corrected chi connectivity index (χ0v) is 11.9. The third-order valence-electron chi connectivity index (χ3n) is 2.95. The van der Waals surface area contributed by atoms with Crippen molar-refractivity contribution in [1.82, 2.24) is 14.5 Å². The molecule has 1 aromatic rings. The molecule has 2 rings (SSSR count). The molecule has 1 aliphatic rings. The molecule has 1 unspecified atom stereocenters. The molecule has 1 atom stereocenters. The minimum absolute atomic E-state index is 0.0440. The number of aromatic nitrogens is 2. The predicted molar refractivity (Wildman–Crippen MR) is 67.2 cm³/mol. The summed E-state index contributed by atoms with van der Waals surface area (Å²) in [6.45, 7) is 4.75. The Morgan fingerprint density at radius 1 is 1.61 bits per heavy atom. The summed E-state index contributed by atoms with van der Waals surface area (Å²) in [5, 5.41) is -0.106. The van der Waals surface area contributed by atoms with E-state index in [1.54, 1.807) is 11.5 Å². The highest BCUT2D eigenvalue weighted by Crippen LogP contribution is 2.15. The number of aryl methyl sites for hydroxylation is 1. The van der Waals surface area contributed by atoms with E-state index in [9.17, 15) is 8.42 Å². The van der Waals surface area contributed by atoms with Gasteiger partial charge in [-0.15, -0.1) is 0 Å². The maximum Gasteiger partial charge on any atom is 0.280 e. The van der Waals surface area contributed by atoms with Gasteiger partial charge in [0.05, 0.1) is 19.3 Å². The van der Waals surface area contributed by atoms with Gasteiger partial charge in [0.2, 0.25) is 0 Å². The van der Waals surface area contributed by atoms with Crippen molar-refractivity contribution < 1.29 is 13.2 Å². The van der Waals surface area contributed by atoms with Crippen molar-refractivity contribution in [2.45, 2.75) is 24.6 Å². The van der Waals surface area contributed by atoms with E-state index in [-0.39, 0.29) is 11.1 Å². The molecule has 0 bridgehead atoms. The van der Waals surface area contributed by atoms with Crippen molar-refractivity contribution >= 4 is 19.7 Å². The average molecular weight is 294 g/mol. The second-order valence-corrected chi connectivity index (χ2v) is 6.98. The van der Waals surface area contributed by atoms with Crippen LogP contribution < -0.4 is 0 Å². The summed E-state index contributed by atoms with van der Waals surface area (Å²) < 4.78 is 29.8. The van der Waals surface area contributed by atoms with Crippen molar-refractivity contribution in [3.63, 3.8) is 0 Å². The average Bonchev–Trinajstić information content (AvgIpc) is 2.60. The van der Waals surface area contributed by atoms with Crippen LogP contribution in [0.5, 0.6) is 0 Å². The van der Waals surface area contributed by atoms with Crippen molar-refractivity contribution in [3.8, 4) is 0 Å². The summed E-state index contributed by atoms with van der Waals surface area (Å²) in [7, 11) is 3.53.